The maximum absolute atomic E-state index is 12.8. The van der Waals surface area contributed by atoms with Crippen molar-refractivity contribution >= 4 is 6.09 Å². The summed E-state index contributed by atoms with van der Waals surface area (Å²) in [5.74, 6) is -1.34. The highest BCUT2D eigenvalue weighted by atomic mass is 19.3. The standard InChI is InChI=1S/C12H19F2NO2/c1-8-7-15(6-5-9(8)10(13)14)11(16)17-12(2,3)4/h8H,5-7H2,1-4H3/i1D3. The Kier molecular flexibility index (Phi) is 2.91. The summed E-state index contributed by atoms with van der Waals surface area (Å²) in [6, 6.07) is 0. The fourth-order valence-corrected chi connectivity index (χ4v) is 1.57. The van der Waals surface area contributed by atoms with Gasteiger partial charge in [0.15, 0.2) is 0 Å². The number of carbonyl (C=O) groups excluding carboxylic acids is 1. The third kappa shape index (κ3) is 3.98. The van der Waals surface area contributed by atoms with E-state index >= 15 is 0 Å². The third-order valence-corrected chi connectivity index (χ3v) is 2.37. The first-order valence-electron chi connectivity index (χ1n) is 6.94. The summed E-state index contributed by atoms with van der Waals surface area (Å²) in [5.41, 5.74) is -1.10. The molecule has 1 heterocycles. The zero-order chi connectivity index (χ0) is 15.7. The number of amides is 1. The molecule has 0 bridgehead atoms. The number of piperidine rings is 1. The smallest absolute Gasteiger partial charge is 0.410 e. The van der Waals surface area contributed by atoms with Gasteiger partial charge in [-0.15, -0.1) is 0 Å². The first kappa shape index (κ1) is 9.85. The van der Waals surface area contributed by atoms with Crippen LogP contribution in [-0.4, -0.2) is 29.7 Å². The Bertz CT molecular complexity index is 412. The first-order chi connectivity index (χ1) is 8.92. The molecular weight excluding hydrogens is 228 g/mol. The Morgan fingerprint density at radius 3 is 2.65 bits per heavy atom. The number of hydrogen-bond acceptors (Lipinski definition) is 2. The monoisotopic (exact) mass is 250 g/mol. The SMILES string of the molecule is [2H]C([2H])([2H])C1CN(C(=O)OC(C)(C)C)CCC1=C(F)F. The molecule has 0 aromatic carbocycles. The van der Waals surface area contributed by atoms with E-state index in [0.717, 1.165) is 0 Å². The number of hydrogen-bond donors (Lipinski definition) is 0. The van der Waals surface area contributed by atoms with E-state index in [1.54, 1.807) is 20.8 Å². The topological polar surface area (TPSA) is 29.5 Å². The van der Waals surface area contributed by atoms with Gasteiger partial charge in [0, 0.05) is 28.7 Å². The summed E-state index contributed by atoms with van der Waals surface area (Å²) in [4.78, 5) is 13.1. The minimum Gasteiger partial charge on any atom is -0.444 e. The second-order valence-corrected chi connectivity index (χ2v) is 5.01. The van der Waals surface area contributed by atoms with Crippen LogP contribution in [0, 0.1) is 5.92 Å². The van der Waals surface area contributed by atoms with Gasteiger partial charge in [-0.3, -0.25) is 0 Å². The van der Waals surface area contributed by atoms with Crippen molar-refractivity contribution in [2.24, 2.45) is 5.92 Å². The third-order valence-electron chi connectivity index (χ3n) is 2.37. The van der Waals surface area contributed by atoms with Gasteiger partial charge in [-0.25, -0.2) is 4.79 Å². The van der Waals surface area contributed by atoms with Crippen molar-refractivity contribution < 1.29 is 22.4 Å². The summed E-state index contributed by atoms with van der Waals surface area (Å²) in [7, 11) is 0. The van der Waals surface area contributed by atoms with Crippen molar-refractivity contribution in [3.63, 3.8) is 0 Å². The zero-order valence-electron chi connectivity index (χ0n) is 13.2. The molecule has 1 fully saturated rings. The van der Waals surface area contributed by atoms with Crippen LogP contribution in [0.25, 0.3) is 0 Å². The largest absolute Gasteiger partial charge is 0.444 e. The number of carbonyl (C=O) groups is 1. The van der Waals surface area contributed by atoms with Gasteiger partial charge in [0.05, 0.1) is 0 Å². The summed E-state index contributed by atoms with van der Waals surface area (Å²) < 4.78 is 52.8. The fraction of sp³-hybridized carbons (Fsp3) is 0.750. The molecule has 0 aliphatic carbocycles. The average Bonchev–Trinajstić information content (AvgIpc) is 2.24. The lowest BCUT2D eigenvalue weighted by atomic mass is 9.94. The maximum atomic E-state index is 12.8. The predicted molar refractivity (Wildman–Crippen MR) is 60.8 cm³/mol. The van der Waals surface area contributed by atoms with Crippen LogP contribution >= 0.6 is 0 Å². The van der Waals surface area contributed by atoms with E-state index in [0.29, 0.717) is 0 Å². The van der Waals surface area contributed by atoms with Crippen LogP contribution in [0.2, 0.25) is 0 Å². The Morgan fingerprint density at radius 2 is 2.18 bits per heavy atom. The van der Waals surface area contributed by atoms with Crippen LogP contribution < -0.4 is 0 Å². The number of nitrogens with zero attached hydrogens (tertiary/aromatic N) is 1. The average molecular weight is 250 g/mol. The summed E-state index contributed by atoms with van der Waals surface area (Å²) in [5, 5.41) is 0. The van der Waals surface area contributed by atoms with E-state index in [1.807, 2.05) is 0 Å². The minimum atomic E-state index is -2.57. The molecule has 0 radical (unpaired) electrons. The maximum Gasteiger partial charge on any atom is 0.410 e. The minimum absolute atomic E-state index is 0.0359. The van der Waals surface area contributed by atoms with Crippen LogP contribution in [0.5, 0.6) is 0 Å². The molecule has 1 aliphatic heterocycles. The van der Waals surface area contributed by atoms with E-state index in [4.69, 9.17) is 8.85 Å². The van der Waals surface area contributed by atoms with Gasteiger partial charge in [-0.2, -0.15) is 8.78 Å². The van der Waals surface area contributed by atoms with E-state index in [1.165, 1.54) is 4.90 Å². The molecule has 0 aromatic rings. The van der Waals surface area contributed by atoms with Crippen LogP contribution in [0.4, 0.5) is 13.6 Å². The highest BCUT2D eigenvalue weighted by Gasteiger charge is 2.29. The summed E-state index contributed by atoms with van der Waals surface area (Å²) in [6.45, 7) is 2.24. The zero-order valence-corrected chi connectivity index (χ0v) is 10.2. The lowest BCUT2D eigenvalue weighted by Crippen LogP contribution is -2.43. The highest BCUT2D eigenvalue weighted by molar-refractivity contribution is 5.68. The van der Waals surface area contributed by atoms with Gasteiger partial charge < -0.3 is 9.64 Å². The molecule has 0 N–H and O–H groups in total. The number of halogens is 2. The molecule has 1 saturated heterocycles. The van der Waals surface area contributed by atoms with Gasteiger partial charge in [0.25, 0.3) is 6.08 Å². The normalized spacial score (nSPS) is 24.8. The molecule has 1 amide bonds. The second-order valence-electron chi connectivity index (χ2n) is 5.01. The number of rotatable bonds is 0. The highest BCUT2D eigenvalue weighted by Crippen LogP contribution is 2.27. The van der Waals surface area contributed by atoms with E-state index in [2.05, 4.69) is 0 Å². The van der Waals surface area contributed by atoms with Crippen LogP contribution in [0.3, 0.4) is 0 Å². The molecule has 1 atom stereocenters. The van der Waals surface area contributed by atoms with Crippen molar-refractivity contribution in [1.82, 2.24) is 4.90 Å². The number of ether oxygens (including phenoxy) is 1. The molecule has 1 aliphatic rings. The lowest BCUT2D eigenvalue weighted by molar-refractivity contribution is 0.0204. The van der Waals surface area contributed by atoms with E-state index in [-0.39, 0.29) is 25.1 Å². The quantitative estimate of drug-likeness (QED) is 0.659. The first-order valence-corrected chi connectivity index (χ1v) is 5.44. The van der Waals surface area contributed by atoms with Gasteiger partial charge in [0.2, 0.25) is 0 Å². The molecular formula is C12H19F2NO2. The van der Waals surface area contributed by atoms with Crippen LogP contribution in [-0.2, 0) is 4.74 Å². The summed E-state index contributed by atoms with van der Waals surface area (Å²) >= 11 is 0. The van der Waals surface area contributed by atoms with Gasteiger partial charge in [-0.1, -0.05) is 6.85 Å². The molecule has 0 saturated carbocycles. The van der Waals surface area contributed by atoms with Gasteiger partial charge in [-0.05, 0) is 27.2 Å². The Morgan fingerprint density at radius 1 is 1.53 bits per heavy atom. The molecule has 3 nitrogen and oxygen atoms in total. The van der Waals surface area contributed by atoms with Crippen molar-refractivity contribution in [3.05, 3.63) is 11.7 Å². The van der Waals surface area contributed by atoms with Gasteiger partial charge in [0.1, 0.15) is 5.60 Å². The lowest BCUT2D eigenvalue weighted by Gasteiger charge is -2.33. The van der Waals surface area contributed by atoms with Gasteiger partial charge >= 0.3 is 6.09 Å². The van der Waals surface area contributed by atoms with Crippen molar-refractivity contribution in [3.8, 4) is 0 Å². The van der Waals surface area contributed by atoms with Crippen molar-refractivity contribution in [1.29, 1.82) is 0 Å². The van der Waals surface area contributed by atoms with Crippen LogP contribution in [0.1, 0.15) is 38.2 Å². The molecule has 5 heteroatoms. The molecule has 1 unspecified atom stereocenters. The molecule has 0 spiro atoms. The summed E-state index contributed by atoms with van der Waals surface area (Å²) in [6.07, 6.45) is -2.79. The predicted octanol–water partition coefficient (Wildman–Crippen LogP) is 3.41. The molecule has 1 rings (SSSR count). The van der Waals surface area contributed by atoms with Crippen molar-refractivity contribution in [2.45, 2.75) is 39.6 Å². The molecule has 98 valence electrons. The van der Waals surface area contributed by atoms with Crippen LogP contribution in [0.15, 0.2) is 11.7 Å². The molecule has 0 aromatic heterocycles. The van der Waals surface area contributed by atoms with E-state index < -0.39 is 30.5 Å². The second kappa shape index (κ2) is 5.02. The van der Waals surface area contributed by atoms with Crippen molar-refractivity contribution in [2.75, 3.05) is 13.1 Å². The Hall–Kier alpha value is -1.13. The molecule has 17 heavy (non-hydrogen) atoms. The Balaban J connectivity index is 2.88. The number of likely N-dealkylation sites (tertiary alicyclic amines) is 1. The Labute approximate surface area is 105 Å². The fourth-order valence-electron chi connectivity index (χ4n) is 1.57. The van der Waals surface area contributed by atoms with E-state index in [9.17, 15) is 13.6 Å².